The number of hydrogen-bond donors (Lipinski definition) is 1. The highest BCUT2D eigenvalue weighted by atomic mass is 32.2. The van der Waals surface area contributed by atoms with E-state index in [0.717, 1.165) is 16.6 Å². The fraction of sp³-hybridized carbons (Fsp3) is 0.107. The Kier molecular flexibility index (Phi) is 6.78. The van der Waals surface area contributed by atoms with Gasteiger partial charge in [-0.15, -0.1) is 0 Å². The molecule has 0 saturated heterocycles. The Morgan fingerprint density at radius 2 is 1.95 bits per heavy atom. The molecular formula is C28H23FN6OS. The van der Waals surface area contributed by atoms with E-state index >= 15 is 0 Å². The van der Waals surface area contributed by atoms with Gasteiger partial charge in [0.15, 0.2) is 5.82 Å². The fourth-order valence-electron chi connectivity index (χ4n) is 4.37. The molecule has 1 aliphatic heterocycles. The molecule has 184 valence electrons. The molecule has 7 nitrogen and oxygen atoms in total. The number of pyridine rings is 2. The number of aliphatic imine (C=N–C) groups is 3. The highest BCUT2D eigenvalue weighted by molar-refractivity contribution is 8.26. The first-order valence-corrected chi connectivity index (χ1v) is 12.4. The Labute approximate surface area is 217 Å². The molecule has 1 atom stereocenters. The normalized spacial score (nSPS) is 16.2. The average Bonchev–Trinajstić information content (AvgIpc) is 3.40. The number of hydrogen-bond acceptors (Lipinski definition) is 7. The van der Waals surface area contributed by atoms with Crippen LogP contribution in [-0.2, 0) is 0 Å². The number of nitrogens with zero attached hydrogens (tertiary/aromatic N) is 5. The number of rotatable bonds is 6. The second-order valence-electron chi connectivity index (χ2n) is 8.31. The van der Waals surface area contributed by atoms with Crippen molar-refractivity contribution < 1.29 is 4.39 Å². The summed E-state index contributed by atoms with van der Waals surface area (Å²) in [5.74, 6) is 0.00800. The summed E-state index contributed by atoms with van der Waals surface area (Å²) in [4.78, 5) is 31.0. The molecule has 0 spiro atoms. The molecule has 0 saturated carbocycles. The number of aromatic nitrogens is 2. The second-order valence-corrected chi connectivity index (χ2v) is 9.14. The van der Waals surface area contributed by atoms with Crippen molar-refractivity contribution in [2.45, 2.75) is 13.0 Å². The third-order valence-electron chi connectivity index (χ3n) is 6.04. The lowest BCUT2D eigenvalue weighted by Gasteiger charge is -2.22. The van der Waals surface area contributed by atoms with Gasteiger partial charge in [-0.1, -0.05) is 48.2 Å². The van der Waals surface area contributed by atoms with Gasteiger partial charge < -0.3 is 5.32 Å². The standard InChI is InChI=1S/C28H23FN6OS/c1-17(34-26(30-2)25-27(31-3)37-16-33-25)23-13-18-8-7-11-22(19-12-20(29)15-32-14-19)24(18)28(36)35(23)21-9-5-4-6-10-21/h4-17,34H,2H2,1,3H3/b26-25-,31-27+/t17-/m0/s1. The predicted octanol–water partition coefficient (Wildman–Crippen LogP) is 5.52. The van der Waals surface area contributed by atoms with Gasteiger partial charge >= 0.3 is 0 Å². The molecule has 37 heavy (non-hydrogen) atoms. The molecule has 0 unspecified atom stereocenters. The van der Waals surface area contributed by atoms with Crippen LogP contribution >= 0.6 is 11.8 Å². The van der Waals surface area contributed by atoms with E-state index in [4.69, 9.17) is 0 Å². The Bertz CT molecular complexity index is 1660. The van der Waals surface area contributed by atoms with Crippen molar-refractivity contribution >= 4 is 39.8 Å². The summed E-state index contributed by atoms with van der Waals surface area (Å²) in [6.45, 7) is 5.65. The minimum atomic E-state index is -0.465. The highest BCUT2D eigenvalue weighted by Crippen LogP contribution is 2.30. The van der Waals surface area contributed by atoms with Crippen LogP contribution in [0.25, 0.3) is 27.6 Å². The van der Waals surface area contributed by atoms with Crippen LogP contribution in [-0.4, -0.2) is 33.9 Å². The molecule has 3 heterocycles. The molecule has 2 aromatic carbocycles. The summed E-state index contributed by atoms with van der Waals surface area (Å²) in [6, 6.07) is 17.9. The number of halogens is 1. The van der Waals surface area contributed by atoms with Crippen molar-refractivity contribution in [1.82, 2.24) is 14.9 Å². The molecule has 0 fully saturated rings. The van der Waals surface area contributed by atoms with Crippen LogP contribution in [0.15, 0.2) is 104 Å². The molecular weight excluding hydrogens is 487 g/mol. The van der Waals surface area contributed by atoms with Gasteiger partial charge in [-0.3, -0.25) is 19.3 Å². The Morgan fingerprint density at radius 3 is 2.68 bits per heavy atom. The molecule has 0 bridgehead atoms. The fourth-order valence-corrected chi connectivity index (χ4v) is 5.00. The van der Waals surface area contributed by atoms with Gasteiger partial charge in [-0.25, -0.2) is 14.4 Å². The number of thioether (sulfide) groups is 1. The van der Waals surface area contributed by atoms with Crippen LogP contribution in [0.3, 0.4) is 0 Å². The summed E-state index contributed by atoms with van der Waals surface area (Å²) in [5.41, 5.74) is 4.65. The van der Waals surface area contributed by atoms with Gasteiger partial charge in [0.25, 0.3) is 5.56 Å². The van der Waals surface area contributed by atoms with Crippen molar-refractivity contribution in [3.8, 4) is 16.8 Å². The quantitative estimate of drug-likeness (QED) is 0.347. The van der Waals surface area contributed by atoms with Crippen molar-refractivity contribution in [2.75, 3.05) is 7.05 Å². The zero-order valence-electron chi connectivity index (χ0n) is 20.2. The first-order chi connectivity index (χ1) is 18.0. The van der Waals surface area contributed by atoms with E-state index in [2.05, 4.69) is 32.0 Å². The number of nitrogens with one attached hydrogen (secondary N) is 1. The molecule has 2 aromatic heterocycles. The predicted molar refractivity (Wildman–Crippen MR) is 150 cm³/mol. The van der Waals surface area contributed by atoms with Gasteiger partial charge in [0.1, 0.15) is 16.6 Å². The zero-order chi connectivity index (χ0) is 25.9. The Balaban J connectivity index is 1.73. The Hall–Kier alpha value is -4.37. The van der Waals surface area contributed by atoms with E-state index in [9.17, 15) is 9.18 Å². The molecule has 1 aliphatic rings. The smallest absolute Gasteiger partial charge is 0.263 e. The number of fused-ring (bicyclic) bond motifs is 1. The summed E-state index contributed by atoms with van der Waals surface area (Å²) < 4.78 is 15.7. The molecule has 4 aromatic rings. The Morgan fingerprint density at radius 1 is 1.14 bits per heavy atom. The lowest BCUT2D eigenvalue weighted by Crippen LogP contribution is -2.29. The van der Waals surface area contributed by atoms with Crippen LogP contribution in [0.5, 0.6) is 0 Å². The number of para-hydroxylation sites is 1. The minimum Gasteiger partial charge on any atom is -0.360 e. The van der Waals surface area contributed by atoms with Crippen LogP contribution in [0.2, 0.25) is 0 Å². The van der Waals surface area contributed by atoms with Gasteiger partial charge in [0.05, 0.1) is 23.2 Å². The summed E-state index contributed by atoms with van der Waals surface area (Å²) in [5, 5.41) is 5.31. The highest BCUT2D eigenvalue weighted by Gasteiger charge is 2.22. The minimum absolute atomic E-state index is 0.224. The summed E-state index contributed by atoms with van der Waals surface area (Å²) in [6.07, 6.45) is 2.70. The molecule has 0 radical (unpaired) electrons. The van der Waals surface area contributed by atoms with E-state index in [0.29, 0.717) is 39.4 Å². The zero-order valence-corrected chi connectivity index (χ0v) is 21.0. The third kappa shape index (κ3) is 4.61. The maximum absolute atomic E-state index is 14.2. The SMILES string of the molecule is C=N/C(N[C@@H](C)c1cc2cccc(-c3cncc(F)c3)c2c(=O)n1-c1ccccc1)=C1/N=CS/C1=N/C. The molecule has 0 amide bonds. The van der Waals surface area contributed by atoms with Crippen LogP contribution in [0.1, 0.15) is 18.7 Å². The van der Waals surface area contributed by atoms with Crippen molar-refractivity contribution in [2.24, 2.45) is 15.0 Å². The van der Waals surface area contributed by atoms with E-state index in [1.807, 2.05) is 61.5 Å². The summed E-state index contributed by atoms with van der Waals surface area (Å²) >= 11 is 1.41. The largest absolute Gasteiger partial charge is 0.360 e. The van der Waals surface area contributed by atoms with Crippen molar-refractivity contribution in [3.63, 3.8) is 0 Å². The maximum atomic E-state index is 14.2. The van der Waals surface area contributed by atoms with Crippen LogP contribution in [0.4, 0.5) is 4.39 Å². The molecule has 1 N–H and O–H groups in total. The van der Waals surface area contributed by atoms with Gasteiger partial charge in [0.2, 0.25) is 0 Å². The molecule has 0 aliphatic carbocycles. The lowest BCUT2D eigenvalue weighted by atomic mass is 9.98. The maximum Gasteiger partial charge on any atom is 0.263 e. The third-order valence-corrected chi connectivity index (χ3v) is 6.85. The lowest BCUT2D eigenvalue weighted by molar-refractivity contribution is 0.608. The first-order valence-electron chi connectivity index (χ1n) is 11.5. The van der Waals surface area contributed by atoms with Gasteiger partial charge in [-0.2, -0.15) is 0 Å². The van der Waals surface area contributed by atoms with E-state index < -0.39 is 5.82 Å². The topological polar surface area (TPSA) is 84.0 Å². The number of benzene rings is 2. The summed E-state index contributed by atoms with van der Waals surface area (Å²) in [7, 11) is 1.70. The molecule has 9 heteroatoms. The average molecular weight is 511 g/mol. The molecule has 5 rings (SSSR count). The van der Waals surface area contributed by atoms with E-state index in [-0.39, 0.29) is 11.6 Å². The van der Waals surface area contributed by atoms with Crippen molar-refractivity contribution in [3.05, 3.63) is 106 Å². The van der Waals surface area contributed by atoms with Gasteiger partial charge in [0, 0.05) is 30.2 Å². The first kappa shape index (κ1) is 24.3. The van der Waals surface area contributed by atoms with Crippen LogP contribution < -0.4 is 10.9 Å². The van der Waals surface area contributed by atoms with Crippen LogP contribution in [0, 0.1) is 5.82 Å². The van der Waals surface area contributed by atoms with E-state index in [1.54, 1.807) is 23.4 Å². The monoisotopic (exact) mass is 510 g/mol. The second kappa shape index (κ2) is 10.3. The van der Waals surface area contributed by atoms with E-state index in [1.165, 1.54) is 17.8 Å². The van der Waals surface area contributed by atoms with Crippen molar-refractivity contribution in [1.29, 1.82) is 0 Å². The van der Waals surface area contributed by atoms with Gasteiger partial charge in [-0.05, 0) is 48.9 Å².